The van der Waals surface area contributed by atoms with Gasteiger partial charge in [0.15, 0.2) is 0 Å². The fraction of sp³-hybridized carbons (Fsp3) is 0.676. The van der Waals surface area contributed by atoms with E-state index in [4.69, 9.17) is 9.47 Å². The van der Waals surface area contributed by atoms with Crippen LogP contribution in [-0.2, 0) is 35.1 Å². The van der Waals surface area contributed by atoms with Crippen molar-refractivity contribution in [3.8, 4) is 5.75 Å². The first kappa shape index (κ1) is 37.9. The Balaban J connectivity index is 2.04. The first-order chi connectivity index (χ1) is 21.6. The number of carbonyl (C=O) groups is 5. The van der Waals surface area contributed by atoms with E-state index in [0.717, 1.165) is 44.1 Å². The molecule has 3 unspecified atom stereocenters. The van der Waals surface area contributed by atoms with Crippen LogP contribution in [0, 0.1) is 5.92 Å². The van der Waals surface area contributed by atoms with E-state index in [1.807, 2.05) is 18.7 Å². The number of rotatable bonds is 21. The molecule has 2 rings (SSSR count). The number of Topliss-reactive ketones (excluding diaryl/α,β-unsaturated/α-hetero) is 1. The van der Waals surface area contributed by atoms with Gasteiger partial charge < -0.3 is 30.2 Å². The van der Waals surface area contributed by atoms with E-state index >= 15 is 0 Å². The van der Waals surface area contributed by atoms with Crippen LogP contribution in [0.5, 0.6) is 5.75 Å². The number of benzene rings is 1. The summed E-state index contributed by atoms with van der Waals surface area (Å²) in [6.07, 6.45) is 6.72. The summed E-state index contributed by atoms with van der Waals surface area (Å²) in [6.45, 7) is 10.7. The smallest absolute Gasteiger partial charge is 0.325 e. The minimum absolute atomic E-state index is 0.126. The van der Waals surface area contributed by atoms with Crippen LogP contribution in [0.2, 0.25) is 0 Å². The summed E-state index contributed by atoms with van der Waals surface area (Å²) in [4.78, 5) is 65.0. The van der Waals surface area contributed by atoms with Crippen molar-refractivity contribution in [1.82, 2.24) is 20.9 Å². The van der Waals surface area contributed by atoms with Crippen molar-refractivity contribution in [2.24, 2.45) is 5.92 Å². The monoisotopic (exact) mass is 630 g/mol. The third-order valence-electron chi connectivity index (χ3n) is 8.01. The highest BCUT2D eigenvalue weighted by atomic mass is 16.5. The minimum Gasteiger partial charge on any atom is -0.426 e. The van der Waals surface area contributed by atoms with Crippen LogP contribution in [-0.4, -0.2) is 85.9 Å². The highest BCUT2D eigenvalue weighted by Gasteiger charge is 2.30. The van der Waals surface area contributed by atoms with E-state index in [-0.39, 0.29) is 42.5 Å². The van der Waals surface area contributed by atoms with E-state index in [9.17, 15) is 24.0 Å². The van der Waals surface area contributed by atoms with Gasteiger partial charge in [0.1, 0.15) is 23.6 Å². The molecule has 3 amide bonds. The highest BCUT2D eigenvalue weighted by molar-refractivity contribution is 5.92. The number of ketones is 1. The molecule has 0 bridgehead atoms. The van der Waals surface area contributed by atoms with Crippen molar-refractivity contribution in [3.05, 3.63) is 29.8 Å². The van der Waals surface area contributed by atoms with Gasteiger partial charge in [-0.2, -0.15) is 0 Å². The molecule has 0 aromatic heterocycles. The van der Waals surface area contributed by atoms with Gasteiger partial charge in [0, 0.05) is 38.9 Å². The van der Waals surface area contributed by atoms with Crippen LogP contribution in [0.4, 0.5) is 0 Å². The SMILES string of the molecule is CCCCCC(=O)NC(Cc1ccc(OC(=O)CN2CCOCC2)cc1)C(=O)NC(C(=O)NCCCCCC(C)=O)C(C)CC. The Kier molecular flexibility index (Phi) is 18.0. The van der Waals surface area contributed by atoms with Crippen LogP contribution >= 0.6 is 0 Å². The predicted octanol–water partition coefficient (Wildman–Crippen LogP) is 3.33. The molecule has 45 heavy (non-hydrogen) atoms. The number of hydrogen-bond donors (Lipinski definition) is 3. The molecule has 1 fully saturated rings. The van der Waals surface area contributed by atoms with Gasteiger partial charge in [-0.05, 0) is 49.8 Å². The van der Waals surface area contributed by atoms with Gasteiger partial charge >= 0.3 is 5.97 Å². The molecule has 3 N–H and O–H groups in total. The molecule has 0 saturated carbocycles. The average molecular weight is 631 g/mol. The lowest BCUT2D eigenvalue weighted by Gasteiger charge is -2.27. The summed E-state index contributed by atoms with van der Waals surface area (Å²) in [5, 5.41) is 8.72. The Labute approximate surface area is 268 Å². The maximum atomic E-state index is 13.6. The van der Waals surface area contributed by atoms with Gasteiger partial charge in [0.05, 0.1) is 19.8 Å². The molecule has 1 saturated heterocycles. The van der Waals surface area contributed by atoms with Gasteiger partial charge in [0.2, 0.25) is 17.7 Å². The second-order valence-corrected chi connectivity index (χ2v) is 12.0. The molecule has 0 radical (unpaired) electrons. The van der Waals surface area contributed by atoms with Crippen LogP contribution in [0.3, 0.4) is 0 Å². The Bertz CT molecular complexity index is 1070. The van der Waals surface area contributed by atoms with E-state index in [0.29, 0.717) is 57.9 Å². The maximum Gasteiger partial charge on any atom is 0.325 e. The second kappa shape index (κ2) is 21.4. The molecular weight excluding hydrogens is 576 g/mol. The quantitative estimate of drug-likeness (QED) is 0.107. The third-order valence-corrected chi connectivity index (χ3v) is 8.01. The third kappa shape index (κ3) is 15.5. The standard InChI is InChI=1S/C34H54N4O7/c1-5-7-9-13-30(40)36-29(23-27-14-16-28(17-15-27)45-31(41)24-38-19-21-44-22-20-38)33(42)37-32(25(3)6-2)34(43)35-18-11-8-10-12-26(4)39/h14-17,25,29,32H,5-13,18-24H2,1-4H3,(H,35,43)(H,36,40)(H,37,42). The van der Waals surface area contributed by atoms with E-state index in [2.05, 4.69) is 22.9 Å². The number of hydrogen-bond acceptors (Lipinski definition) is 8. The van der Waals surface area contributed by atoms with Gasteiger partial charge in [0.25, 0.3) is 0 Å². The van der Waals surface area contributed by atoms with E-state index in [1.54, 1.807) is 31.2 Å². The van der Waals surface area contributed by atoms with Crippen molar-refractivity contribution in [1.29, 1.82) is 0 Å². The van der Waals surface area contributed by atoms with Crippen molar-refractivity contribution < 1.29 is 33.4 Å². The molecule has 11 heteroatoms. The predicted molar refractivity (Wildman–Crippen MR) is 173 cm³/mol. The number of nitrogens with one attached hydrogen (secondary N) is 3. The molecule has 0 aliphatic carbocycles. The largest absolute Gasteiger partial charge is 0.426 e. The number of unbranched alkanes of at least 4 members (excludes halogenated alkanes) is 4. The summed E-state index contributed by atoms with van der Waals surface area (Å²) >= 11 is 0. The molecule has 252 valence electrons. The number of amides is 3. The first-order valence-electron chi connectivity index (χ1n) is 16.6. The molecule has 1 aromatic carbocycles. The number of ether oxygens (including phenoxy) is 2. The van der Waals surface area contributed by atoms with Gasteiger partial charge in [-0.25, -0.2) is 0 Å². The Hall–Kier alpha value is -3.31. The molecular formula is C34H54N4O7. The zero-order valence-corrected chi connectivity index (χ0v) is 27.7. The summed E-state index contributed by atoms with van der Waals surface area (Å²) in [5.74, 6) is -0.832. The summed E-state index contributed by atoms with van der Waals surface area (Å²) in [5.41, 5.74) is 0.770. The van der Waals surface area contributed by atoms with Crippen LogP contribution in [0.25, 0.3) is 0 Å². The molecule has 1 aromatic rings. The van der Waals surface area contributed by atoms with Crippen molar-refractivity contribution in [3.63, 3.8) is 0 Å². The number of carbonyl (C=O) groups excluding carboxylic acids is 5. The average Bonchev–Trinajstić information content (AvgIpc) is 3.02. The van der Waals surface area contributed by atoms with Crippen molar-refractivity contribution in [2.45, 2.75) is 104 Å². The first-order valence-corrected chi connectivity index (χ1v) is 16.6. The van der Waals surface area contributed by atoms with Gasteiger partial charge in [-0.3, -0.25) is 24.1 Å². The number of nitrogens with zero attached hydrogens (tertiary/aromatic N) is 1. The van der Waals surface area contributed by atoms with E-state index < -0.39 is 18.0 Å². The molecule has 1 aliphatic rings. The van der Waals surface area contributed by atoms with Gasteiger partial charge in [-0.15, -0.1) is 0 Å². The lowest BCUT2D eigenvalue weighted by Crippen LogP contribution is -2.56. The normalized spacial score (nSPS) is 15.4. The zero-order valence-electron chi connectivity index (χ0n) is 27.7. The summed E-state index contributed by atoms with van der Waals surface area (Å²) in [7, 11) is 0. The Morgan fingerprint density at radius 1 is 0.889 bits per heavy atom. The molecule has 11 nitrogen and oxygen atoms in total. The Morgan fingerprint density at radius 2 is 1.58 bits per heavy atom. The highest BCUT2D eigenvalue weighted by Crippen LogP contribution is 2.16. The molecule has 0 spiro atoms. The fourth-order valence-electron chi connectivity index (χ4n) is 5.00. The fourth-order valence-corrected chi connectivity index (χ4v) is 5.00. The molecule has 1 aliphatic heterocycles. The Morgan fingerprint density at radius 3 is 2.22 bits per heavy atom. The van der Waals surface area contributed by atoms with Crippen LogP contribution in [0.15, 0.2) is 24.3 Å². The lowest BCUT2D eigenvalue weighted by atomic mass is 9.97. The van der Waals surface area contributed by atoms with Crippen LogP contribution in [0.1, 0.15) is 91.0 Å². The second-order valence-electron chi connectivity index (χ2n) is 12.0. The summed E-state index contributed by atoms with van der Waals surface area (Å²) in [6, 6.07) is 5.25. The molecule has 3 atom stereocenters. The maximum absolute atomic E-state index is 13.6. The van der Waals surface area contributed by atoms with E-state index in [1.165, 1.54) is 0 Å². The number of esters is 1. The lowest BCUT2D eigenvalue weighted by molar-refractivity contribution is -0.136. The topological polar surface area (TPSA) is 143 Å². The van der Waals surface area contributed by atoms with Crippen molar-refractivity contribution in [2.75, 3.05) is 39.4 Å². The molecule has 1 heterocycles. The minimum atomic E-state index is -0.889. The number of morpholine rings is 1. The van der Waals surface area contributed by atoms with Gasteiger partial charge in [-0.1, -0.05) is 58.6 Å². The van der Waals surface area contributed by atoms with Crippen molar-refractivity contribution >= 4 is 29.5 Å². The zero-order chi connectivity index (χ0) is 33.0. The summed E-state index contributed by atoms with van der Waals surface area (Å²) < 4.78 is 10.8. The van der Waals surface area contributed by atoms with Crippen LogP contribution < -0.4 is 20.7 Å².